The molecule has 0 heterocycles. The summed E-state index contributed by atoms with van der Waals surface area (Å²) in [6.45, 7) is 8.40. The molecule has 1 rings (SSSR count). The molecule has 1 fully saturated rings. The van der Waals surface area contributed by atoms with Gasteiger partial charge in [-0.2, -0.15) is 0 Å². The van der Waals surface area contributed by atoms with Crippen molar-refractivity contribution in [3.63, 3.8) is 0 Å². The van der Waals surface area contributed by atoms with E-state index in [1.165, 1.54) is 12.8 Å². The fraction of sp³-hybridized carbons (Fsp3) is 1.00. The topological polar surface area (TPSA) is 63.4 Å². The number of rotatable bonds is 8. The number of hydrogen-bond acceptors (Lipinski definition) is 4. The summed E-state index contributed by atoms with van der Waals surface area (Å²) in [7, 11) is -2.90. The van der Waals surface area contributed by atoms with Crippen molar-refractivity contribution in [1.29, 1.82) is 0 Å². The maximum absolute atomic E-state index is 11.8. The quantitative estimate of drug-likeness (QED) is 0.745. The smallest absolute Gasteiger partial charge is 0.151 e. The predicted octanol–water partition coefficient (Wildman–Crippen LogP) is 2.04. The van der Waals surface area contributed by atoms with Gasteiger partial charge >= 0.3 is 0 Å². The first-order valence-electron chi connectivity index (χ1n) is 8.04. The zero-order chi connectivity index (χ0) is 15.2. The van der Waals surface area contributed by atoms with Crippen molar-refractivity contribution < 1.29 is 8.42 Å². The van der Waals surface area contributed by atoms with Gasteiger partial charge in [0.1, 0.15) is 0 Å². The van der Waals surface area contributed by atoms with Gasteiger partial charge in [-0.15, -0.1) is 0 Å². The molecule has 2 N–H and O–H groups in total. The maximum Gasteiger partial charge on any atom is 0.151 e. The lowest BCUT2D eigenvalue weighted by molar-refractivity contribution is 0.0497. The van der Waals surface area contributed by atoms with E-state index < -0.39 is 9.84 Å². The average Bonchev–Trinajstić information content (AvgIpc) is 2.45. The van der Waals surface area contributed by atoms with Gasteiger partial charge in [-0.1, -0.05) is 20.8 Å². The van der Waals surface area contributed by atoms with E-state index in [4.69, 9.17) is 5.73 Å². The number of sulfone groups is 1. The summed E-state index contributed by atoms with van der Waals surface area (Å²) in [6.07, 6.45) is 5.67. The van der Waals surface area contributed by atoms with Gasteiger partial charge in [-0.25, -0.2) is 8.42 Å². The van der Waals surface area contributed by atoms with Gasteiger partial charge < -0.3 is 5.73 Å². The van der Waals surface area contributed by atoms with Crippen LogP contribution < -0.4 is 5.73 Å². The zero-order valence-electron chi connectivity index (χ0n) is 13.4. The van der Waals surface area contributed by atoms with Crippen molar-refractivity contribution in [1.82, 2.24) is 4.90 Å². The Morgan fingerprint density at radius 3 is 2.25 bits per heavy atom. The molecule has 1 aliphatic rings. The van der Waals surface area contributed by atoms with Gasteiger partial charge in [-0.05, 0) is 44.6 Å². The van der Waals surface area contributed by atoms with Crippen molar-refractivity contribution in [3.8, 4) is 0 Å². The Morgan fingerprint density at radius 2 is 1.80 bits per heavy atom. The Balaban J connectivity index is 2.76. The Labute approximate surface area is 125 Å². The van der Waals surface area contributed by atoms with Crippen LogP contribution in [0.4, 0.5) is 0 Å². The van der Waals surface area contributed by atoms with Gasteiger partial charge in [0, 0.05) is 24.4 Å². The van der Waals surface area contributed by atoms with Crippen LogP contribution >= 0.6 is 0 Å². The average molecular weight is 304 g/mol. The lowest BCUT2D eigenvalue weighted by Gasteiger charge is -2.47. The molecule has 20 heavy (non-hydrogen) atoms. The third kappa shape index (κ3) is 4.71. The number of nitrogens with zero attached hydrogens (tertiary/aromatic N) is 1. The molecule has 0 amide bonds. The summed E-state index contributed by atoms with van der Waals surface area (Å²) >= 11 is 0. The van der Waals surface area contributed by atoms with E-state index in [0.717, 1.165) is 31.7 Å². The van der Waals surface area contributed by atoms with Crippen LogP contribution in [0.25, 0.3) is 0 Å². The van der Waals surface area contributed by atoms with Crippen LogP contribution in [0, 0.1) is 5.92 Å². The molecule has 0 unspecified atom stereocenters. The summed E-state index contributed by atoms with van der Waals surface area (Å²) in [6, 6.07) is 0. The summed E-state index contributed by atoms with van der Waals surface area (Å²) in [5.41, 5.74) is 6.13. The summed E-state index contributed by atoms with van der Waals surface area (Å²) in [4.78, 5) is 2.37. The Kier molecular flexibility index (Phi) is 6.95. The molecule has 4 nitrogen and oxygen atoms in total. The minimum absolute atomic E-state index is 0.0335. The van der Waals surface area contributed by atoms with Crippen molar-refractivity contribution >= 4 is 9.84 Å². The highest BCUT2D eigenvalue weighted by molar-refractivity contribution is 7.91. The summed E-state index contributed by atoms with van der Waals surface area (Å²) < 4.78 is 23.6. The Morgan fingerprint density at radius 1 is 1.20 bits per heavy atom. The molecular weight excluding hydrogens is 272 g/mol. The second kappa shape index (κ2) is 7.76. The van der Waals surface area contributed by atoms with Crippen LogP contribution in [-0.4, -0.2) is 50.0 Å². The van der Waals surface area contributed by atoms with Gasteiger partial charge in [0.05, 0.1) is 5.75 Å². The molecule has 0 atom stereocenters. The summed E-state index contributed by atoms with van der Waals surface area (Å²) in [5, 5.41) is 0. The number of nitrogens with two attached hydrogens (primary N) is 1. The lowest BCUT2D eigenvalue weighted by atomic mass is 9.76. The van der Waals surface area contributed by atoms with Gasteiger partial charge in [-0.3, -0.25) is 4.90 Å². The highest BCUT2D eigenvalue weighted by atomic mass is 32.2. The minimum atomic E-state index is -2.90. The molecule has 120 valence electrons. The molecule has 1 aliphatic carbocycles. The normalized spacial score (nSPS) is 27.9. The van der Waals surface area contributed by atoms with Crippen LogP contribution in [0.2, 0.25) is 0 Å². The van der Waals surface area contributed by atoms with Crippen LogP contribution in [0.1, 0.15) is 52.9 Å². The van der Waals surface area contributed by atoms with Crippen molar-refractivity contribution in [2.24, 2.45) is 11.7 Å². The highest BCUT2D eigenvalue weighted by Gasteiger charge is 2.38. The van der Waals surface area contributed by atoms with Crippen LogP contribution in [0.3, 0.4) is 0 Å². The van der Waals surface area contributed by atoms with E-state index in [1.54, 1.807) is 6.92 Å². The molecule has 0 aliphatic heterocycles. The largest absolute Gasteiger partial charge is 0.329 e. The van der Waals surface area contributed by atoms with Gasteiger partial charge in [0.2, 0.25) is 0 Å². The molecule has 0 bridgehead atoms. The fourth-order valence-corrected chi connectivity index (χ4v) is 3.99. The van der Waals surface area contributed by atoms with Crippen molar-refractivity contribution in [3.05, 3.63) is 0 Å². The monoisotopic (exact) mass is 304 g/mol. The molecule has 0 aromatic rings. The fourth-order valence-electron chi connectivity index (χ4n) is 3.20. The third-order valence-electron chi connectivity index (χ3n) is 4.86. The van der Waals surface area contributed by atoms with Crippen molar-refractivity contribution in [2.75, 3.05) is 31.1 Å². The third-order valence-corrected chi connectivity index (χ3v) is 6.55. The predicted molar refractivity (Wildman–Crippen MR) is 85.6 cm³/mol. The van der Waals surface area contributed by atoms with E-state index in [9.17, 15) is 8.42 Å². The molecule has 0 aromatic heterocycles. The summed E-state index contributed by atoms with van der Waals surface area (Å²) in [5.74, 6) is 1.28. The molecule has 0 saturated heterocycles. The van der Waals surface area contributed by atoms with Crippen LogP contribution in [-0.2, 0) is 9.84 Å². The van der Waals surface area contributed by atoms with Crippen molar-refractivity contribution in [2.45, 2.75) is 58.4 Å². The molecule has 0 radical (unpaired) electrons. The van der Waals surface area contributed by atoms with E-state index in [-0.39, 0.29) is 17.0 Å². The van der Waals surface area contributed by atoms with Gasteiger partial charge in [0.25, 0.3) is 0 Å². The molecule has 0 aromatic carbocycles. The maximum atomic E-state index is 11.8. The Hall–Kier alpha value is -0.130. The zero-order valence-corrected chi connectivity index (χ0v) is 14.2. The van der Waals surface area contributed by atoms with Crippen LogP contribution in [0.5, 0.6) is 0 Å². The highest BCUT2D eigenvalue weighted by Crippen LogP contribution is 2.35. The first-order chi connectivity index (χ1) is 9.39. The first kappa shape index (κ1) is 17.9. The molecule has 5 heteroatoms. The molecular formula is C15H32N2O2S. The molecule has 1 saturated carbocycles. The van der Waals surface area contributed by atoms with Gasteiger partial charge in [0.15, 0.2) is 9.84 Å². The van der Waals surface area contributed by atoms with E-state index in [0.29, 0.717) is 13.1 Å². The second-order valence-corrected chi connectivity index (χ2v) is 8.81. The first-order valence-corrected chi connectivity index (χ1v) is 9.87. The number of hydrogen-bond donors (Lipinski definition) is 1. The SMILES string of the molecule is CCCN(CCS(=O)(=O)CC)C1(CN)CCC(C)CC1. The van der Waals surface area contributed by atoms with E-state index >= 15 is 0 Å². The van der Waals surface area contributed by atoms with Crippen LogP contribution in [0.15, 0.2) is 0 Å². The second-order valence-electron chi connectivity index (χ2n) is 6.33. The Bertz CT molecular complexity index is 373. The van der Waals surface area contributed by atoms with E-state index in [1.807, 2.05) is 0 Å². The lowest BCUT2D eigenvalue weighted by Crippen LogP contribution is -2.57. The minimum Gasteiger partial charge on any atom is -0.329 e. The molecule has 0 spiro atoms. The standard InChI is InChI=1S/C15H32N2O2S/c1-4-10-17(11-12-20(18,19)5-2)15(13-16)8-6-14(3)7-9-15/h14H,4-13,16H2,1-3H3. The van der Waals surface area contributed by atoms with E-state index in [2.05, 4.69) is 18.7 Å².